The highest BCUT2D eigenvalue weighted by Gasteiger charge is 2.62. The summed E-state index contributed by atoms with van der Waals surface area (Å²) in [5, 5.41) is 4.01. The summed E-state index contributed by atoms with van der Waals surface area (Å²) in [6.07, 6.45) is 59.4. The van der Waals surface area contributed by atoms with Gasteiger partial charge in [-0.25, -0.2) is 0 Å². The van der Waals surface area contributed by atoms with Crippen LogP contribution in [0.2, 0.25) is 0 Å². The number of unbranched alkanes of at least 4 members (excludes halogenated alkanes) is 16. The van der Waals surface area contributed by atoms with Crippen molar-refractivity contribution in [3.05, 3.63) is 48.2 Å². The first kappa shape index (κ1) is 58.6. The molecule has 0 radical (unpaired) electrons. The van der Waals surface area contributed by atoms with Crippen LogP contribution >= 0.6 is 0 Å². The van der Waals surface area contributed by atoms with Crippen LogP contribution in [0.25, 0.3) is 0 Å². The Kier molecular flexibility index (Phi) is 26.2. The Balaban J connectivity index is 0.976. The molecule has 1 heterocycles. The molecule has 2 heteroatoms. The van der Waals surface area contributed by atoms with Crippen LogP contribution in [-0.2, 0) is 0 Å². The van der Waals surface area contributed by atoms with Gasteiger partial charge in [0, 0.05) is 18.3 Å². The van der Waals surface area contributed by atoms with E-state index >= 15 is 0 Å². The predicted octanol–water partition coefficient (Wildman–Crippen LogP) is 20.7. The molecule has 398 valence electrons. The van der Waals surface area contributed by atoms with Gasteiger partial charge < -0.3 is 10.2 Å². The van der Waals surface area contributed by atoms with E-state index in [0.29, 0.717) is 28.2 Å². The predicted molar refractivity (Wildman–Crippen MR) is 307 cm³/mol. The summed E-state index contributed by atoms with van der Waals surface area (Å²) >= 11 is 0. The normalized spacial score (nSPS) is 29.2. The molecule has 0 aromatic heterocycles. The third kappa shape index (κ3) is 18.3. The minimum Gasteiger partial charge on any atom is -0.382 e. The lowest BCUT2D eigenvalue weighted by Crippen LogP contribution is -2.51. The van der Waals surface area contributed by atoms with Crippen molar-refractivity contribution in [2.75, 3.05) is 19.6 Å². The molecule has 69 heavy (non-hydrogen) atoms. The van der Waals surface area contributed by atoms with Gasteiger partial charge in [-0.15, -0.1) is 0 Å². The fourth-order valence-electron chi connectivity index (χ4n) is 15.9. The second-order valence-electron chi connectivity index (χ2n) is 26.8. The number of fused-ring (bicyclic) bond motifs is 5. The van der Waals surface area contributed by atoms with Crippen molar-refractivity contribution in [3.8, 4) is 0 Å². The molecule has 1 saturated heterocycles. The zero-order valence-corrected chi connectivity index (χ0v) is 48.0. The van der Waals surface area contributed by atoms with Crippen LogP contribution in [0.4, 0.5) is 0 Å². The number of nitrogens with zero attached hydrogens (tertiary/aromatic N) is 1. The van der Waals surface area contributed by atoms with E-state index < -0.39 is 0 Å². The summed E-state index contributed by atoms with van der Waals surface area (Å²) in [7, 11) is 0. The lowest BCUT2D eigenvalue weighted by atomic mass is 9.45. The standard InChI is InChI=1S/C67H120N2/c1-11-12-13-14-15-16-17-18-19-20-21-22-23-24-25-26-27-29-38-58(53-69-49-34-28-35-50-69)39-31-30-37-56(6)64(55(4)5)68-57(7)51-59-42-47-66(9)60(52-59)40-41-61-62(66)44-48-67(10)63(61)43-46-65(67,8)45-33-32-36-54(2)3/h18-19,40,54-55,58-59,61-64,68H,6-7,11-17,20-39,41-53H2,1-5,8-10H3/b19-18-/t58?,59?,61?,62-,63?,64?,65?,66?,67?/m0/s1. The van der Waals surface area contributed by atoms with E-state index in [1.54, 1.807) is 0 Å². The zero-order chi connectivity index (χ0) is 49.5. The highest BCUT2D eigenvalue weighted by atomic mass is 15.1. The number of rotatable bonds is 36. The number of hydrogen-bond acceptors (Lipinski definition) is 2. The van der Waals surface area contributed by atoms with Crippen LogP contribution in [0, 0.1) is 57.7 Å². The first-order valence-electron chi connectivity index (χ1n) is 31.5. The third-order valence-corrected chi connectivity index (χ3v) is 20.7. The molecule has 4 aliphatic carbocycles. The van der Waals surface area contributed by atoms with Crippen molar-refractivity contribution < 1.29 is 0 Å². The maximum atomic E-state index is 4.75. The molecule has 0 aromatic rings. The first-order valence-corrected chi connectivity index (χ1v) is 31.5. The molecule has 5 rings (SSSR count). The smallest absolute Gasteiger partial charge is 0.0490 e. The average Bonchev–Trinajstić information content (AvgIpc) is 3.60. The Hall–Kier alpha value is -1.28. The van der Waals surface area contributed by atoms with Crippen molar-refractivity contribution in [1.29, 1.82) is 0 Å². The van der Waals surface area contributed by atoms with Crippen LogP contribution in [0.15, 0.2) is 48.2 Å². The summed E-state index contributed by atoms with van der Waals surface area (Å²) < 4.78 is 0. The second-order valence-corrected chi connectivity index (χ2v) is 26.8. The third-order valence-electron chi connectivity index (χ3n) is 20.7. The van der Waals surface area contributed by atoms with Gasteiger partial charge in [-0.2, -0.15) is 0 Å². The Morgan fingerprint density at radius 1 is 0.696 bits per heavy atom. The molecular weight excluding hydrogens is 833 g/mol. The second kappa shape index (κ2) is 30.8. The first-order chi connectivity index (χ1) is 33.3. The van der Waals surface area contributed by atoms with E-state index in [1.165, 1.54) is 256 Å². The highest BCUT2D eigenvalue weighted by Crippen LogP contribution is 2.70. The number of allylic oxidation sites excluding steroid dienone is 5. The molecule has 0 amide bonds. The minimum atomic E-state index is 0.338. The Labute approximate surface area is 432 Å². The maximum Gasteiger partial charge on any atom is 0.0490 e. The average molecular weight is 954 g/mol. The molecule has 0 aromatic carbocycles. The Morgan fingerprint density at radius 3 is 1.96 bits per heavy atom. The van der Waals surface area contributed by atoms with Gasteiger partial charge in [0.2, 0.25) is 0 Å². The molecule has 1 aliphatic heterocycles. The van der Waals surface area contributed by atoms with E-state index in [0.717, 1.165) is 48.3 Å². The number of hydrogen-bond donors (Lipinski definition) is 1. The van der Waals surface area contributed by atoms with E-state index in [1.807, 2.05) is 5.57 Å². The summed E-state index contributed by atoms with van der Waals surface area (Å²) in [6.45, 7) is 33.6. The molecule has 1 N–H and O–H groups in total. The Bertz CT molecular complexity index is 1490. The number of nitrogens with one attached hydrogen (secondary N) is 1. The van der Waals surface area contributed by atoms with E-state index in [9.17, 15) is 0 Å². The van der Waals surface area contributed by atoms with Gasteiger partial charge in [-0.1, -0.05) is 207 Å². The van der Waals surface area contributed by atoms with Gasteiger partial charge in [0.05, 0.1) is 0 Å². The van der Waals surface area contributed by atoms with E-state index in [4.69, 9.17) is 13.2 Å². The molecule has 0 bridgehead atoms. The van der Waals surface area contributed by atoms with Crippen LogP contribution < -0.4 is 5.32 Å². The molecule has 0 spiro atoms. The summed E-state index contributed by atoms with van der Waals surface area (Å²) in [6, 6.07) is 0.338. The fraction of sp³-hybridized carbons (Fsp3) is 0.881. The van der Waals surface area contributed by atoms with Gasteiger partial charge in [0.1, 0.15) is 0 Å². The van der Waals surface area contributed by atoms with Crippen molar-refractivity contribution in [1.82, 2.24) is 10.2 Å². The molecule has 8 unspecified atom stereocenters. The quantitative estimate of drug-likeness (QED) is 0.0497. The van der Waals surface area contributed by atoms with Crippen molar-refractivity contribution >= 4 is 0 Å². The van der Waals surface area contributed by atoms with E-state index in [-0.39, 0.29) is 0 Å². The summed E-state index contributed by atoms with van der Waals surface area (Å²) in [4.78, 5) is 2.82. The van der Waals surface area contributed by atoms with Gasteiger partial charge >= 0.3 is 0 Å². The number of piperidine rings is 1. The monoisotopic (exact) mass is 953 g/mol. The molecule has 3 saturated carbocycles. The molecule has 9 atom stereocenters. The molecule has 4 fully saturated rings. The van der Waals surface area contributed by atoms with Crippen LogP contribution in [-0.4, -0.2) is 30.6 Å². The Morgan fingerprint density at radius 2 is 1.30 bits per heavy atom. The lowest BCUT2D eigenvalue weighted by Gasteiger charge is -2.60. The molecule has 5 aliphatic rings. The fourth-order valence-corrected chi connectivity index (χ4v) is 15.9. The molecule has 2 nitrogen and oxygen atoms in total. The minimum absolute atomic E-state index is 0.338. The lowest BCUT2D eigenvalue weighted by molar-refractivity contribution is -0.0721. The SMILES string of the molecule is C=C(CC1CCC2(C)C(=CCC3C4CCC(C)(CCCCC(C)C)C4(C)CC[C@@H]32)C1)NC(C(=C)CCCCC(CCCCCCCCCC/C=C\CCCCCCCC)CN1CCCCC1)C(C)C. The maximum absolute atomic E-state index is 4.75. The van der Waals surface area contributed by atoms with Crippen molar-refractivity contribution in [2.45, 2.75) is 299 Å². The number of likely N-dealkylation sites (tertiary alicyclic amines) is 1. The van der Waals surface area contributed by atoms with Crippen LogP contribution in [0.1, 0.15) is 293 Å². The topological polar surface area (TPSA) is 15.3 Å². The highest BCUT2D eigenvalue weighted by molar-refractivity contribution is 5.26. The van der Waals surface area contributed by atoms with Crippen molar-refractivity contribution in [3.63, 3.8) is 0 Å². The summed E-state index contributed by atoms with van der Waals surface area (Å²) in [5.41, 5.74) is 6.05. The van der Waals surface area contributed by atoms with Gasteiger partial charge in [-0.05, 0) is 199 Å². The largest absolute Gasteiger partial charge is 0.382 e. The van der Waals surface area contributed by atoms with Gasteiger partial charge in [0.15, 0.2) is 0 Å². The van der Waals surface area contributed by atoms with E-state index in [2.05, 4.69) is 83.8 Å². The van der Waals surface area contributed by atoms with Crippen LogP contribution in [0.5, 0.6) is 0 Å². The summed E-state index contributed by atoms with van der Waals surface area (Å²) in [5.74, 6) is 5.74. The van der Waals surface area contributed by atoms with Gasteiger partial charge in [-0.3, -0.25) is 0 Å². The molecular formula is C67H120N2. The van der Waals surface area contributed by atoms with Crippen molar-refractivity contribution in [2.24, 2.45) is 57.7 Å². The van der Waals surface area contributed by atoms with Crippen LogP contribution in [0.3, 0.4) is 0 Å². The zero-order valence-electron chi connectivity index (χ0n) is 48.0. The van der Waals surface area contributed by atoms with Gasteiger partial charge in [0.25, 0.3) is 0 Å².